The quantitative estimate of drug-likeness (QED) is 0.694. The summed E-state index contributed by atoms with van der Waals surface area (Å²) in [5.41, 5.74) is 0. The maximum absolute atomic E-state index is 9.32. The molecule has 2 atom stereocenters. The fraction of sp³-hybridized carbons (Fsp3) is 1.00. The summed E-state index contributed by atoms with van der Waals surface area (Å²) in [7, 11) is 3.67. The molecule has 1 N–H and O–H groups in total. The van der Waals surface area contributed by atoms with Crippen molar-refractivity contribution >= 4 is 15.9 Å². The molecule has 2 unspecified atom stereocenters. The van der Waals surface area contributed by atoms with Crippen molar-refractivity contribution in [1.82, 2.24) is 4.90 Å². The second-order valence-electron chi connectivity index (χ2n) is 3.05. The summed E-state index contributed by atoms with van der Waals surface area (Å²) < 4.78 is 5.00. The first-order valence-corrected chi connectivity index (χ1v) is 5.17. The Morgan fingerprint density at radius 2 is 2.17 bits per heavy atom. The lowest BCUT2D eigenvalue weighted by Gasteiger charge is -2.25. The number of likely N-dealkylation sites (N-methyl/N-ethyl adjacent to an activating group) is 1. The van der Waals surface area contributed by atoms with Gasteiger partial charge in [-0.25, -0.2) is 0 Å². The zero-order valence-corrected chi connectivity index (χ0v) is 9.54. The number of aliphatic hydroxyl groups excluding tert-OH is 1. The Morgan fingerprint density at radius 1 is 1.58 bits per heavy atom. The lowest BCUT2D eigenvalue weighted by Crippen LogP contribution is -2.38. The number of ether oxygens (including phenoxy) is 1. The molecule has 0 radical (unpaired) electrons. The van der Waals surface area contributed by atoms with Crippen LogP contribution in [0.5, 0.6) is 0 Å². The topological polar surface area (TPSA) is 32.7 Å². The highest BCUT2D eigenvalue weighted by Crippen LogP contribution is 1.99. The SMILES string of the molecule is COCC(C)N(C)CC(O)CBr. The smallest absolute Gasteiger partial charge is 0.0763 e. The van der Waals surface area contributed by atoms with E-state index in [2.05, 4.69) is 27.8 Å². The van der Waals surface area contributed by atoms with Crippen LogP contribution in [-0.2, 0) is 4.74 Å². The minimum atomic E-state index is -0.297. The lowest BCUT2D eigenvalue weighted by molar-refractivity contribution is 0.0800. The Labute approximate surface area is 82.8 Å². The molecule has 0 aromatic carbocycles. The van der Waals surface area contributed by atoms with Crippen molar-refractivity contribution in [2.45, 2.75) is 19.1 Å². The zero-order chi connectivity index (χ0) is 9.56. The van der Waals surface area contributed by atoms with E-state index in [-0.39, 0.29) is 6.10 Å². The van der Waals surface area contributed by atoms with Crippen LogP contribution in [0.2, 0.25) is 0 Å². The first-order valence-electron chi connectivity index (χ1n) is 4.05. The third-order valence-electron chi connectivity index (χ3n) is 1.84. The van der Waals surface area contributed by atoms with E-state index in [4.69, 9.17) is 4.74 Å². The summed E-state index contributed by atoms with van der Waals surface area (Å²) in [6.07, 6.45) is -0.297. The Bertz CT molecular complexity index is 113. The summed E-state index contributed by atoms with van der Waals surface area (Å²) in [5.74, 6) is 0. The molecule has 0 fully saturated rings. The van der Waals surface area contributed by atoms with Gasteiger partial charge in [-0.15, -0.1) is 0 Å². The van der Waals surface area contributed by atoms with Gasteiger partial charge in [0.05, 0.1) is 12.7 Å². The Balaban J connectivity index is 3.62. The van der Waals surface area contributed by atoms with Gasteiger partial charge in [0.15, 0.2) is 0 Å². The summed E-state index contributed by atoms with van der Waals surface area (Å²) in [6.45, 7) is 3.45. The van der Waals surface area contributed by atoms with Crippen LogP contribution < -0.4 is 0 Å². The fourth-order valence-electron chi connectivity index (χ4n) is 0.930. The monoisotopic (exact) mass is 239 g/mol. The predicted octanol–water partition coefficient (Wildman–Crippen LogP) is 0.709. The highest BCUT2D eigenvalue weighted by atomic mass is 79.9. The van der Waals surface area contributed by atoms with E-state index < -0.39 is 0 Å². The van der Waals surface area contributed by atoms with Crippen LogP contribution in [0.25, 0.3) is 0 Å². The molecule has 0 rings (SSSR count). The minimum Gasteiger partial charge on any atom is -0.391 e. The molecule has 0 saturated heterocycles. The maximum atomic E-state index is 9.32. The van der Waals surface area contributed by atoms with Gasteiger partial charge < -0.3 is 9.84 Å². The van der Waals surface area contributed by atoms with Crippen LogP contribution in [0.4, 0.5) is 0 Å². The second kappa shape index (κ2) is 6.83. The number of nitrogens with zero attached hydrogens (tertiary/aromatic N) is 1. The molecule has 0 aliphatic carbocycles. The molecule has 0 amide bonds. The van der Waals surface area contributed by atoms with Gasteiger partial charge in [-0.3, -0.25) is 4.90 Å². The predicted molar refractivity (Wildman–Crippen MR) is 53.8 cm³/mol. The van der Waals surface area contributed by atoms with Gasteiger partial charge in [-0.1, -0.05) is 15.9 Å². The molecule has 0 heterocycles. The van der Waals surface area contributed by atoms with Crippen LogP contribution >= 0.6 is 15.9 Å². The average Bonchev–Trinajstić information content (AvgIpc) is 2.04. The maximum Gasteiger partial charge on any atom is 0.0763 e. The molecule has 0 bridgehead atoms. The molecular formula is C8H18BrNO2. The Morgan fingerprint density at radius 3 is 2.58 bits per heavy atom. The average molecular weight is 240 g/mol. The number of aliphatic hydroxyl groups is 1. The number of hydrogen-bond donors (Lipinski definition) is 1. The molecule has 74 valence electrons. The first-order chi connectivity index (χ1) is 5.61. The Kier molecular flexibility index (Phi) is 7.04. The molecule has 0 saturated carbocycles. The number of rotatable bonds is 6. The Hall–Kier alpha value is 0.360. The van der Waals surface area contributed by atoms with Gasteiger partial charge in [0.1, 0.15) is 0 Å². The van der Waals surface area contributed by atoms with E-state index in [1.807, 2.05) is 7.05 Å². The molecule has 0 aromatic rings. The van der Waals surface area contributed by atoms with Crippen molar-refractivity contribution < 1.29 is 9.84 Å². The van der Waals surface area contributed by atoms with E-state index in [9.17, 15) is 5.11 Å². The van der Waals surface area contributed by atoms with E-state index >= 15 is 0 Å². The standard InChI is InChI=1S/C8H18BrNO2/c1-7(6-12-3)10(2)5-8(11)4-9/h7-8,11H,4-6H2,1-3H3. The van der Waals surface area contributed by atoms with E-state index in [1.165, 1.54) is 0 Å². The number of methoxy groups -OCH3 is 1. The van der Waals surface area contributed by atoms with Crippen molar-refractivity contribution in [3.63, 3.8) is 0 Å². The molecule has 0 aliphatic heterocycles. The first kappa shape index (κ1) is 12.4. The molecule has 4 heteroatoms. The van der Waals surface area contributed by atoms with E-state index in [1.54, 1.807) is 7.11 Å². The largest absolute Gasteiger partial charge is 0.391 e. The number of alkyl halides is 1. The third kappa shape index (κ3) is 5.09. The van der Waals surface area contributed by atoms with Gasteiger partial charge >= 0.3 is 0 Å². The van der Waals surface area contributed by atoms with Gasteiger partial charge in [-0.2, -0.15) is 0 Å². The summed E-state index contributed by atoms with van der Waals surface area (Å²) in [6, 6.07) is 0.351. The van der Waals surface area contributed by atoms with Crippen LogP contribution in [-0.4, -0.2) is 54.8 Å². The summed E-state index contributed by atoms with van der Waals surface area (Å²) >= 11 is 3.22. The van der Waals surface area contributed by atoms with Crippen LogP contribution in [0.15, 0.2) is 0 Å². The van der Waals surface area contributed by atoms with Crippen LogP contribution in [0.3, 0.4) is 0 Å². The molecule has 0 spiro atoms. The zero-order valence-electron chi connectivity index (χ0n) is 7.96. The third-order valence-corrected chi connectivity index (χ3v) is 2.58. The second-order valence-corrected chi connectivity index (χ2v) is 3.70. The number of halogens is 1. The van der Waals surface area contributed by atoms with Gasteiger partial charge in [-0.05, 0) is 14.0 Å². The fourth-order valence-corrected chi connectivity index (χ4v) is 1.13. The van der Waals surface area contributed by atoms with Crippen LogP contribution in [0, 0.1) is 0 Å². The van der Waals surface area contributed by atoms with Gasteiger partial charge in [0, 0.05) is 25.0 Å². The van der Waals surface area contributed by atoms with Crippen molar-refractivity contribution in [1.29, 1.82) is 0 Å². The molecule has 12 heavy (non-hydrogen) atoms. The van der Waals surface area contributed by atoms with Gasteiger partial charge in [0.2, 0.25) is 0 Å². The highest BCUT2D eigenvalue weighted by molar-refractivity contribution is 9.09. The molecular weight excluding hydrogens is 222 g/mol. The van der Waals surface area contributed by atoms with Crippen molar-refractivity contribution in [3.05, 3.63) is 0 Å². The molecule has 0 aromatic heterocycles. The van der Waals surface area contributed by atoms with Crippen molar-refractivity contribution in [2.24, 2.45) is 0 Å². The van der Waals surface area contributed by atoms with Gasteiger partial charge in [0.25, 0.3) is 0 Å². The highest BCUT2D eigenvalue weighted by Gasteiger charge is 2.12. The summed E-state index contributed by atoms with van der Waals surface area (Å²) in [4.78, 5) is 2.08. The van der Waals surface area contributed by atoms with Crippen molar-refractivity contribution in [2.75, 3.05) is 32.6 Å². The number of hydrogen-bond acceptors (Lipinski definition) is 3. The normalized spacial score (nSPS) is 16.5. The van der Waals surface area contributed by atoms with E-state index in [0.717, 1.165) is 0 Å². The lowest BCUT2D eigenvalue weighted by atomic mass is 10.3. The van der Waals surface area contributed by atoms with Crippen molar-refractivity contribution in [3.8, 4) is 0 Å². The molecule has 0 aliphatic rings. The van der Waals surface area contributed by atoms with Crippen LogP contribution in [0.1, 0.15) is 6.92 Å². The van der Waals surface area contributed by atoms with E-state index in [0.29, 0.717) is 24.5 Å². The minimum absolute atomic E-state index is 0.297. The molecule has 3 nitrogen and oxygen atoms in total. The summed E-state index contributed by atoms with van der Waals surface area (Å²) in [5, 5.41) is 9.94.